The van der Waals surface area contributed by atoms with Gasteiger partial charge in [0.1, 0.15) is 0 Å². The molecule has 1 aliphatic rings. The summed E-state index contributed by atoms with van der Waals surface area (Å²) >= 11 is 0. The fraction of sp³-hybridized carbons (Fsp3) is 0.500. The van der Waals surface area contributed by atoms with Crippen LogP contribution in [0.5, 0.6) is 0 Å². The van der Waals surface area contributed by atoms with Crippen LogP contribution in [-0.4, -0.2) is 23.7 Å². The molecule has 0 spiro atoms. The molecule has 5 heteroatoms. The number of urea groups is 1. The van der Waals surface area contributed by atoms with Crippen molar-refractivity contribution in [1.29, 1.82) is 0 Å². The van der Waals surface area contributed by atoms with E-state index in [1.165, 1.54) is 0 Å². The SMILES string of the molecule is CCC(NC(=O)NCC1(C(=O)O)CCC1)c1ccccc1. The van der Waals surface area contributed by atoms with E-state index in [-0.39, 0.29) is 18.6 Å². The van der Waals surface area contributed by atoms with Crippen molar-refractivity contribution in [2.75, 3.05) is 6.54 Å². The second kappa shape index (κ2) is 6.61. The Morgan fingerprint density at radius 1 is 1.29 bits per heavy atom. The normalized spacial score (nSPS) is 17.4. The molecule has 1 aromatic carbocycles. The summed E-state index contributed by atoms with van der Waals surface area (Å²) in [5.74, 6) is -0.816. The number of carbonyl (C=O) groups excluding carboxylic acids is 1. The maximum absolute atomic E-state index is 12.0. The predicted octanol–water partition coefficient (Wildman–Crippen LogP) is 2.69. The molecule has 1 atom stereocenters. The summed E-state index contributed by atoms with van der Waals surface area (Å²) in [7, 11) is 0. The number of rotatable bonds is 6. The smallest absolute Gasteiger partial charge is 0.315 e. The summed E-state index contributed by atoms with van der Waals surface area (Å²) in [6.07, 6.45) is 2.97. The van der Waals surface area contributed by atoms with Crippen LogP contribution in [0.15, 0.2) is 30.3 Å². The van der Waals surface area contributed by atoms with Crippen LogP contribution in [0, 0.1) is 5.41 Å². The van der Waals surface area contributed by atoms with Gasteiger partial charge in [0, 0.05) is 6.54 Å². The fourth-order valence-corrected chi connectivity index (χ4v) is 2.64. The Bertz CT molecular complexity index is 498. The third-order valence-electron chi connectivity index (χ3n) is 4.27. The molecule has 0 radical (unpaired) electrons. The maximum atomic E-state index is 12.0. The monoisotopic (exact) mass is 290 g/mol. The van der Waals surface area contributed by atoms with Gasteiger partial charge in [-0.25, -0.2) is 4.79 Å². The zero-order chi connectivity index (χ0) is 15.3. The van der Waals surface area contributed by atoms with E-state index in [1.54, 1.807) is 0 Å². The molecule has 21 heavy (non-hydrogen) atoms. The lowest BCUT2D eigenvalue weighted by Gasteiger charge is -2.37. The lowest BCUT2D eigenvalue weighted by molar-refractivity contribution is -0.153. The van der Waals surface area contributed by atoms with Crippen molar-refractivity contribution in [2.24, 2.45) is 5.41 Å². The van der Waals surface area contributed by atoms with E-state index in [0.717, 1.165) is 18.4 Å². The number of carboxylic acids is 1. The first-order chi connectivity index (χ1) is 10.1. The molecule has 1 unspecified atom stereocenters. The van der Waals surface area contributed by atoms with Crippen molar-refractivity contribution in [1.82, 2.24) is 10.6 Å². The topological polar surface area (TPSA) is 78.4 Å². The molecule has 114 valence electrons. The minimum Gasteiger partial charge on any atom is -0.481 e. The van der Waals surface area contributed by atoms with Crippen molar-refractivity contribution in [2.45, 2.75) is 38.6 Å². The molecule has 1 saturated carbocycles. The maximum Gasteiger partial charge on any atom is 0.315 e. The van der Waals surface area contributed by atoms with Gasteiger partial charge in [0.15, 0.2) is 0 Å². The van der Waals surface area contributed by atoms with E-state index in [4.69, 9.17) is 0 Å². The standard InChI is InChI=1S/C16H22N2O3/c1-2-13(12-7-4-3-5-8-12)18-15(21)17-11-16(14(19)20)9-6-10-16/h3-5,7-8,13H,2,6,9-11H2,1H3,(H,19,20)(H2,17,18,21). The highest BCUT2D eigenvalue weighted by atomic mass is 16.4. The number of amides is 2. The lowest BCUT2D eigenvalue weighted by atomic mass is 9.69. The third kappa shape index (κ3) is 3.54. The van der Waals surface area contributed by atoms with E-state index in [2.05, 4.69) is 10.6 Å². The van der Waals surface area contributed by atoms with Crippen LogP contribution >= 0.6 is 0 Å². The first kappa shape index (κ1) is 15.4. The molecule has 0 heterocycles. The molecule has 0 aliphatic heterocycles. The average molecular weight is 290 g/mol. The summed E-state index contributed by atoms with van der Waals surface area (Å²) in [5, 5.41) is 14.8. The summed E-state index contributed by atoms with van der Waals surface area (Å²) in [5.41, 5.74) is 0.290. The minimum atomic E-state index is -0.816. The predicted molar refractivity (Wildman–Crippen MR) is 79.9 cm³/mol. The van der Waals surface area contributed by atoms with E-state index in [9.17, 15) is 14.7 Å². The van der Waals surface area contributed by atoms with Crippen molar-refractivity contribution >= 4 is 12.0 Å². The van der Waals surface area contributed by atoms with Gasteiger partial charge in [-0.15, -0.1) is 0 Å². The van der Waals surface area contributed by atoms with Gasteiger partial charge in [0.2, 0.25) is 0 Å². The van der Waals surface area contributed by atoms with Crippen molar-refractivity contribution in [3.05, 3.63) is 35.9 Å². The van der Waals surface area contributed by atoms with Crippen LogP contribution in [0.1, 0.15) is 44.2 Å². The van der Waals surface area contributed by atoms with Gasteiger partial charge >= 0.3 is 12.0 Å². The van der Waals surface area contributed by atoms with Gasteiger partial charge in [0.25, 0.3) is 0 Å². The first-order valence-corrected chi connectivity index (χ1v) is 7.40. The molecule has 0 bridgehead atoms. The number of nitrogens with one attached hydrogen (secondary N) is 2. The number of hydrogen-bond acceptors (Lipinski definition) is 2. The van der Waals surface area contributed by atoms with Gasteiger partial charge in [-0.1, -0.05) is 43.7 Å². The molecule has 1 aromatic rings. The van der Waals surface area contributed by atoms with Gasteiger partial charge < -0.3 is 15.7 Å². The Balaban J connectivity index is 1.87. The first-order valence-electron chi connectivity index (χ1n) is 7.40. The van der Waals surface area contributed by atoms with Gasteiger partial charge in [-0.2, -0.15) is 0 Å². The number of carbonyl (C=O) groups is 2. The van der Waals surface area contributed by atoms with E-state index in [0.29, 0.717) is 12.8 Å². The molecular weight excluding hydrogens is 268 g/mol. The zero-order valence-electron chi connectivity index (χ0n) is 12.3. The average Bonchev–Trinajstić information content (AvgIpc) is 2.44. The molecule has 0 saturated heterocycles. The second-order valence-electron chi connectivity index (χ2n) is 5.64. The number of carboxylic acid groups (broad SMARTS) is 1. The zero-order valence-corrected chi connectivity index (χ0v) is 12.3. The van der Waals surface area contributed by atoms with Crippen LogP contribution < -0.4 is 10.6 Å². The molecule has 0 aromatic heterocycles. The van der Waals surface area contributed by atoms with Gasteiger partial charge in [0.05, 0.1) is 11.5 Å². The summed E-state index contributed by atoms with van der Waals surface area (Å²) in [4.78, 5) is 23.2. The van der Waals surface area contributed by atoms with Gasteiger partial charge in [-0.05, 0) is 24.8 Å². The number of benzene rings is 1. The third-order valence-corrected chi connectivity index (χ3v) is 4.27. The highest BCUT2D eigenvalue weighted by Gasteiger charge is 2.44. The van der Waals surface area contributed by atoms with E-state index in [1.807, 2.05) is 37.3 Å². The summed E-state index contributed by atoms with van der Waals surface area (Å²) < 4.78 is 0. The van der Waals surface area contributed by atoms with Crippen molar-refractivity contribution < 1.29 is 14.7 Å². The molecule has 5 nitrogen and oxygen atoms in total. The quantitative estimate of drug-likeness (QED) is 0.753. The Morgan fingerprint density at radius 3 is 2.43 bits per heavy atom. The van der Waals surface area contributed by atoms with Crippen molar-refractivity contribution in [3.63, 3.8) is 0 Å². The highest BCUT2D eigenvalue weighted by Crippen LogP contribution is 2.40. The van der Waals surface area contributed by atoms with Crippen LogP contribution in [0.2, 0.25) is 0 Å². The second-order valence-corrected chi connectivity index (χ2v) is 5.64. The fourth-order valence-electron chi connectivity index (χ4n) is 2.64. The largest absolute Gasteiger partial charge is 0.481 e. The van der Waals surface area contributed by atoms with Crippen molar-refractivity contribution in [3.8, 4) is 0 Å². The minimum absolute atomic E-state index is 0.0617. The van der Waals surface area contributed by atoms with Gasteiger partial charge in [-0.3, -0.25) is 4.79 Å². The molecule has 1 fully saturated rings. The Hall–Kier alpha value is -2.04. The molecule has 2 amide bonds. The molecule has 3 N–H and O–H groups in total. The van der Waals surface area contributed by atoms with Crippen LogP contribution in [0.4, 0.5) is 4.79 Å². The van der Waals surface area contributed by atoms with E-state index >= 15 is 0 Å². The molecule has 1 aliphatic carbocycles. The van der Waals surface area contributed by atoms with Crippen LogP contribution in [0.25, 0.3) is 0 Å². The van der Waals surface area contributed by atoms with Crippen LogP contribution in [-0.2, 0) is 4.79 Å². The van der Waals surface area contributed by atoms with Crippen LogP contribution in [0.3, 0.4) is 0 Å². The highest BCUT2D eigenvalue weighted by molar-refractivity contribution is 5.79. The Morgan fingerprint density at radius 2 is 1.95 bits per heavy atom. The number of aliphatic carboxylic acids is 1. The molecule has 2 rings (SSSR count). The lowest BCUT2D eigenvalue weighted by Crippen LogP contribution is -2.50. The Kier molecular flexibility index (Phi) is 4.83. The Labute approximate surface area is 124 Å². The number of hydrogen-bond donors (Lipinski definition) is 3. The summed E-state index contributed by atoms with van der Waals surface area (Å²) in [6, 6.07) is 9.38. The molecular formula is C16H22N2O3. The summed E-state index contributed by atoms with van der Waals surface area (Å²) in [6.45, 7) is 2.20. The van der Waals surface area contributed by atoms with E-state index < -0.39 is 11.4 Å².